The Hall–Kier alpha value is -1.67. The first-order valence-electron chi connectivity index (χ1n) is 9.86. The lowest BCUT2D eigenvalue weighted by Gasteiger charge is -2.34. The van der Waals surface area contributed by atoms with Gasteiger partial charge < -0.3 is 4.90 Å². The van der Waals surface area contributed by atoms with Gasteiger partial charge in [0.05, 0.1) is 0 Å². The fourth-order valence-corrected chi connectivity index (χ4v) is 4.64. The number of hydrogen-bond donors (Lipinski definition) is 0. The van der Waals surface area contributed by atoms with E-state index in [4.69, 9.17) is 0 Å². The molecule has 1 aliphatic carbocycles. The smallest absolute Gasteiger partial charge is 0.123 e. The fraction of sp³-hybridized carbons (Fsp3) is 0.478. The Kier molecular flexibility index (Phi) is 5.17. The second kappa shape index (κ2) is 7.70. The van der Waals surface area contributed by atoms with E-state index in [2.05, 4.69) is 29.2 Å². The Labute approximate surface area is 150 Å². The quantitative estimate of drug-likeness (QED) is 0.675. The van der Waals surface area contributed by atoms with Crippen LogP contribution < -0.4 is 0 Å². The molecule has 25 heavy (non-hydrogen) atoms. The first-order chi connectivity index (χ1) is 12.3. The monoisotopic (exact) mass is 337 g/mol. The summed E-state index contributed by atoms with van der Waals surface area (Å²) in [6, 6.07) is 15.7. The van der Waals surface area contributed by atoms with Gasteiger partial charge in [0, 0.05) is 13.1 Å². The van der Waals surface area contributed by atoms with E-state index in [1.54, 1.807) is 0 Å². The molecule has 1 saturated heterocycles. The second-order valence-electron chi connectivity index (χ2n) is 7.88. The van der Waals surface area contributed by atoms with Crippen molar-refractivity contribution in [3.05, 3.63) is 59.9 Å². The Morgan fingerprint density at radius 2 is 1.44 bits per heavy atom. The van der Waals surface area contributed by atoms with Crippen LogP contribution in [0, 0.1) is 11.7 Å². The Balaban J connectivity index is 1.41. The average molecular weight is 337 g/mol. The molecule has 1 heterocycles. The van der Waals surface area contributed by atoms with Crippen LogP contribution in [0.3, 0.4) is 0 Å². The van der Waals surface area contributed by atoms with Gasteiger partial charge in [0.1, 0.15) is 5.82 Å². The van der Waals surface area contributed by atoms with Crippen molar-refractivity contribution < 1.29 is 4.39 Å². The molecule has 0 radical (unpaired) electrons. The third kappa shape index (κ3) is 4.12. The molecule has 1 nitrogen and oxygen atoms in total. The van der Waals surface area contributed by atoms with E-state index in [1.807, 2.05) is 12.1 Å². The maximum absolute atomic E-state index is 13.1. The van der Waals surface area contributed by atoms with E-state index in [0.29, 0.717) is 5.92 Å². The van der Waals surface area contributed by atoms with E-state index in [1.165, 1.54) is 81.4 Å². The van der Waals surface area contributed by atoms with Crippen molar-refractivity contribution in [2.45, 2.75) is 44.4 Å². The molecule has 4 rings (SSSR count). The van der Waals surface area contributed by atoms with Gasteiger partial charge in [-0.3, -0.25) is 0 Å². The molecular formula is C23H28FN. The van der Waals surface area contributed by atoms with Crippen molar-refractivity contribution in [2.24, 2.45) is 5.92 Å². The standard InChI is InChI=1S/C23H28FN/c24-23-13-11-20(12-14-23)19-7-9-21(10-8-19)22-6-3-15-25(17-22)16-18-4-1-2-5-18/h7-14,18,22H,1-6,15-17H2/t22-/m1/s1. The molecule has 2 heteroatoms. The van der Waals surface area contributed by atoms with E-state index in [9.17, 15) is 4.39 Å². The van der Waals surface area contributed by atoms with Gasteiger partial charge in [-0.15, -0.1) is 0 Å². The third-order valence-corrected chi connectivity index (χ3v) is 6.06. The fourth-order valence-electron chi connectivity index (χ4n) is 4.64. The summed E-state index contributed by atoms with van der Waals surface area (Å²) in [4.78, 5) is 2.71. The van der Waals surface area contributed by atoms with Crippen LogP contribution in [0.1, 0.15) is 50.0 Å². The molecule has 2 aromatic carbocycles. The maximum atomic E-state index is 13.1. The molecule has 1 atom stereocenters. The maximum Gasteiger partial charge on any atom is 0.123 e. The number of halogens is 1. The number of nitrogens with zero attached hydrogens (tertiary/aromatic N) is 1. The van der Waals surface area contributed by atoms with Crippen LogP contribution in [0.25, 0.3) is 11.1 Å². The van der Waals surface area contributed by atoms with Gasteiger partial charge in [-0.1, -0.05) is 49.2 Å². The third-order valence-electron chi connectivity index (χ3n) is 6.06. The number of piperidine rings is 1. The summed E-state index contributed by atoms with van der Waals surface area (Å²) in [6.45, 7) is 3.80. The van der Waals surface area contributed by atoms with E-state index >= 15 is 0 Å². The summed E-state index contributed by atoms with van der Waals surface area (Å²) < 4.78 is 13.1. The Morgan fingerprint density at radius 1 is 0.800 bits per heavy atom. The number of benzene rings is 2. The lowest BCUT2D eigenvalue weighted by Crippen LogP contribution is -2.37. The van der Waals surface area contributed by atoms with Crippen LogP contribution in [0.4, 0.5) is 4.39 Å². The van der Waals surface area contributed by atoms with Crippen molar-refractivity contribution >= 4 is 0 Å². The Morgan fingerprint density at radius 3 is 2.12 bits per heavy atom. The highest BCUT2D eigenvalue weighted by Gasteiger charge is 2.24. The summed E-state index contributed by atoms with van der Waals surface area (Å²) >= 11 is 0. The number of likely N-dealkylation sites (tertiary alicyclic amines) is 1. The molecule has 0 aromatic heterocycles. The van der Waals surface area contributed by atoms with Crippen LogP contribution in [0.5, 0.6) is 0 Å². The zero-order chi connectivity index (χ0) is 17.1. The predicted molar refractivity (Wildman–Crippen MR) is 102 cm³/mol. The van der Waals surface area contributed by atoms with E-state index in [-0.39, 0.29) is 5.82 Å². The molecule has 0 bridgehead atoms. The molecule has 0 amide bonds. The summed E-state index contributed by atoms with van der Waals surface area (Å²) in [6.07, 6.45) is 8.37. The topological polar surface area (TPSA) is 3.24 Å². The molecule has 0 spiro atoms. The first-order valence-corrected chi connectivity index (χ1v) is 9.86. The highest BCUT2D eigenvalue weighted by Crippen LogP contribution is 2.31. The van der Waals surface area contributed by atoms with Crippen molar-refractivity contribution in [1.29, 1.82) is 0 Å². The lowest BCUT2D eigenvalue weighted by molar-refractivity contribution is 0.179. The minimum atomic E-state index is -0.176. The molecular weight excluding hydrogens is 309 g/mol. The van der Waals surface area contributed by atoms with Crippen LogP contribution >= 0.6 is 0 Å². The minimum Gasteiger partial charge on any atom is -0.302 e. The number of rotatable bonds is 4. The zero-order valence-electron chi connectivity index (χ0n) is 15.0. The predicted octanol–water partition coefficient (Wildman–Crippen LogP) is 5.86. The van der Waals surface area contributed by atoms with E-state index < -0.39 is 0 Å². The molecule has 2 aliphatic rings. The molecule has 2 fully saturated rings. The second-order valence-corrected chi connectivity index (χ2v) is 7.88. The average Bonchev–Trinajstić information content (AvgIpc) is 3.16. The van der Waals surface area contributed by atoms with Gasteiger partial charge >= 0.3 is 0 Å². The minimum absolute atomic E-state index is 0.176. The van der Waals surface area contributed by atoms with Crippen LogP contribution in [-0.2, 0) is 0 Å². The van der Waals surface area contributed by atoms with E-state index in [0.717, 1.165) is 11.5 Å². The highest BCUT2D eigenvalue weighted by molar-refractivity contribution is 5.63. The highest BCUT2D eigenvalue weighted by atomic mass is 19.1. The van der Waals surface area contributed by atoms with Crippen molar-refractivity contribution in [1.82, 2.24) is 4.90 Å². The zero-order valence-corrected chi connectivity index (χ0v) is 15.0. The lowest BCUT2D eigenvalue weighted by atomic mass is 9.89. The van der Waals surface area contributed by atoms with Crippen LogP contribution in [0.15, 0.2) is 48.5 Å². The Bertz CT molecular complexity index is 670. The molecule has 2 aromatic rings. The van der Waals surface area contributed by atoms with Gasteiger partial charge in [0.2, 0.25) is 0 Å². The number of hydrogen-bond acceptors (Lipinski definition) is 1. The van der Waals surface area contributed by atoms with Gasteiger partial charge in [0.15, 0.2) is 0 Å². The normalized spacial score (nSPS) is 22.4. The molecule has 1 aliphatic heterocycles. The molecule has 0 N–H and O–H groups in total. The van der Waals surface area contributed by atoms with Gasteiger partial charge in [0.25, 0.3) is 0 Å². The molecule has 1 saturated carbocycles. The van der Waals surface area contributed by atoms with Crippen molar-refractivity contribution in [3.63, 3.8) is 0 Å². The van der Waals surface area contributed by atoms with Gasteiger partial charge in [-0.25, -0.2) is 4.39 Å². The van der Waals surface area contributed by atoms with Crippen molar-refractivity contribution in [3.8, 4) is 11.1 Å². The van der Waals surface area contributed by atoms with Gasteiger partial charge in [-0.05, 0) is 72.9 Å². The van der Waals surface area contributed by atoms with Crippen molar-refractivity contribution in [2.75, 3.05) is 19.6 Å². The van der Waals surface area contributed by atoms with Crippen LogP contribution in [-0.4, -0.2) is 24.5 Å². The SMILES string of the molecule is Fc1ccc(-c2ccc([C@@H]3CCCN(CC4CCCC4)C3)cc2)cc1. The van der Waals surface area contributed by atoms with Crippen LogP contribution in [0.2, 0.25) is 0 Å². The first kappa shape index (κ1) is 16.8. The van der Waals surface area contributed by atoms with Gasteiger partial charge in [-0.2, -0.15) is 0 Å². The summed E-state index contributed by atoms with van der Waals surface area (Å²) in [5.41, 5.74) is 3.71. The largest absolute Gasteiger partial charge is 0.302 e. The molecule has 0 unspecified atom stereocenters. The molecule has 132 valence electrons. The summed E-state index contributed by atoms with van der Waals surface area (Å²) in [5.74, 6) is 1.43. The summed E-state index contributed by atoms with van der Waals surface area (Å²) in [5, 5.41) is 0. The summed E-state index contributed by atoms with van der Waals surface area (Å²) in [7, 11) is 0.